The summed E-state index contributed by atoms with van der Waals surface area (Å²) in [6.07, 6.45) is 5.70. The largest absolute Gasteiger partial charge is 0.391 e. The standard InChI is InChI=1S/C15H30N2O/c1-5-13-9-7-8-11(3)15(13)17-12(4)16-10-14(18)6-2/h11,13-18H,4-10H2,1-3H3. The normalized spacial score (nSPS) is 29.7. The van der Waals surface area contributed by atoms with Crippen molar-refractivity contribution in [2.75, 3.05) is 6.54 Å². The summed E-state index contributed by atoms with van der Waals surface area (Å²) in [5.74, 6) is 2.32. The van der Waals surface area contributed by atoms with Crippen LogP contribution in [0.4, 0.5) is 0 Å². The molecule has 4 unspecified atom stereocenters. The Morgan fingerprint density at radius 2 is 2.11 bits per heavy atom. The Hall–Kier alpha value is -0.700. The lowest BCUT2D eigenvalue weighted by atomic mass is 9.76. The quantitative estimate of drug-likeness (QED) is 0.654. The molecule has 18 heavy (non-hydrogen) atoms. The van der Waals surface area contributed by atoms with Crippen molar-refractivity contribution in [1.29, 1.82) is 0 Å². The fourth-order valence-corrected chi connectivity index (χ4v) is 2.88. The Labute approximate surface area is 112 Å². The summed E-state index contributed by atoms with van der Waals surface area (Å²) >= 11 is 0. The van der Waals surface area contributed by atoms with Gasteiger partial charge in [-0.3, -0.25) is 0 Å². The zero-order valence-electron chi connectivity index (χ0n) is 12.2. The minimum atomic E-state index is -0.283. The average molecular weight is 254 g/mol. The van der Waals surface area contributed by atoms with E-state index in [9.17, 15) is 5.11 Å². The van der Waals surface area contributed by atoms with Gasteiger partial charge in [0.2, 0.25) is 0 Å². The van der Waals surface area contributed by atoms with E-state index in [1.54, 1.807) is 0 Å². The first-order chi connectivity index (χ1) is 8.58. The zero-order chi connectivity index (χ0) is 13.5. The van der Waals surface area contributed by atoms with Gasteiger partial charge in [-0.15, -0.1) is 0 Å². The predicted octanol–water partition coefficient (Wildman–Crippen LogP) is 2.62. The summed E-state index contributed by atoms with van der Waals surface area (Å²) in [6, 6.07) is 0.530. The molecular formula is C15H30N2O. The molecule has 0 bridgehead atoms. The Morgan fingerprint density at radius 3 is 2.72 bits per heavy atom. The highest BCUT2D eigenvalue weighted by molar-refractivity contribution is 4.96. The fourth-order valence-electron chi connectivity index (χ4n) is 2.88. The van der Waals surface area contributed by atoms with Gasteiger partial charge >= 0.3 is 0 Å². The first kappa shape index (κ1) is 15.4. The third-order valence-corrected chi connectivity index (χ3v) is 4.24. The van der Waals surface area contributed by atoms with Crippen molar-refractivity contribution in [1.82, 2.24) is 10.6 Å². The van der Waals surface area contributed by atoms with E-state index in [1.165, 1.54) is 25.7 Å². The maximum atomic E-state index is 9.53. The molecule has 106 valence electrons. The van der Waals surface area contributed by atoms with Gasteiger partial charge in [0.15, 0.2) is 0 Å². The molecule has 1 rings (SSSR count). The lowest BCUT2D eigenvalue weighted by Crippen LogP contribution is -2.46. The summed E-state index contributed by atoms with van der Waals surface area (Å²) in [6.45, 7) is 11.2. The smallest absolute Gasteiger partial charge is 0.0915 e. The van der Waals surface area contributed by atoms with E-state index in [0.717, 1.165) is 18.2 Å². The Balaban J connectivity index is 2.40. The molecule has 0 heterocycles. The molecular weight excluding hydrogens is 224 g/mol. The van der Waals surface area contributed by atoms with Crippen LogP contribution in [-0.2, 0) is 0 Å². The van der Waals surface area contributed by atoms with Crippen LogP contribution in [0.1, 0.15) is 52.9 Å². The van der Waals surface area contributed by atoms with Crippen LogP contribution in [0.2, 0.25) is 0 Å². The van der Waals surface area contributed by atoms with Crippen LogP contribution in [-0.4, -0.2) is 23.8 Å². The SMILES string of the molecule is C=C(NCC(O)CC)NC1C(C)CCCC1CC. The Kier molecular flexibility index (Phi) is 6.55. The van der Waals surface area contributed by atoms with Gasteiger partial charge in [-0.05, 0) is 31.1 Å². The van der Waals surface area contributed by atoms with E-state index in [0.29, 0.717) is 18.5 Å². The van der Waals surface area contributed by atoms with E-state index < -0.39 is 0 Å². The molecule has 0 radical (unpaired) electrons. The third kappa shape index (κ3) is 4.52. The van der Waals surface area contributed by atoms with Crippen LogP contribution in [0, 0.1) is 11.8 Å². The first-order valence-corrected chi connectivity index (χ1v) is 7.45. The van der Waals surface area contributed by atoms with Crippen molar-refractivity contribution in [3.05, 3.63) is 12.4 Å². The molecule has 0 aromatic heterocycles. The van der Waals surface area contributed by atoms with Crippen molar-refractivity contribution in [2.45, 2.75) is 65.0 Å². The molecule has 0 amide bonds. The third-order valence-electron chi connectivity index (χ3n) is 4.24. The van der Waals surface area contributed by atoms with Gasteiger partial charge in [0.05, 0.1) is 11.9 Å². The number of rotatable bonds is 7. The number of hydrogen-bond donors (Lipinski definition) is 3. The highest BCUT2D eigenvalue weighted by Crippen LogP contribution is 2.31. The highest BCUT2D eigenvalue weighted by atomic mass is 16.3. The fraction of sp³-hybridized carbons (Fsp3) is 0.867. The highest BCUT2D eigenvalue weighted by Gasteiger charge is 2.29. The van der Waals surface area contributed by atoms with E-state index >= 15 is 0 Å². The zero-order valence-corrected chi connectivity index (χ0v) is 12.2. The summed E-state index contributed by atoms with van der Waals surface area (Å²) < 4.78 is 0. The van der Waals surface area contributed by atoms with Gasteiger partial charge in [-0.1, -0.05) is 40.2 Å². The van der Waals surface area contributed by atoms with Crippen molar-refractivity contribution in [3.8, 4) is 0 Å². The van der Waals surface area contributed by atoms with Crippen LogP contribution >= 0.6 is 0 Å². The molecule has 3 nitrogen and oxygen atoms in total. The van der Waals surface area contributed by atoms with Gasteiger partial charge in [-0.25, -0.2) is 0 Å². The molecule has 4 atom stereocenters. The molecule has 0 aliphatic heterocycles. The van der Waals surface area contributed by atoms with Crippen LogP contribution in [0.15, 0.2) is 12.4 Å². The van der Waals surface area contributed by atoms with Crippen LogP contribution in [0.25, 0.3) is 0 Å². The van der Waals surface area contributed by atoms with Crippen LogP contribution in [0.5, 0.6) is 0 Å². The van der Waals surface area contributed by atoms with Crippen molar-refractivity contribution in [3.63, 3.8) is 0 Å². The predicted molar refractivity (Wildman–Crippen MR) is 77.2 cm³/mol. The molecule has 1 fully saturated rings. The summed E-state index contributed by atoms with van der Waals surface area (Å²) in [4.78, 5) is 0. The van der Waals surface area contributed by atoms with Gasteiger partial charge in [-0.2, -0.15) is 0 Å². The molecule has 3 heteroatoms. The molecule has 1 saturated carbocycles. The van der Waals surface area contributed by atoms with E-state index in [-0.39, 0.29) is 6.10 Å². The minimum absolute atomic E-state index is 0.283. The second-order valence-electron chi connectivity index (χ2n) is 5.67. The van der Waals surface area contributed by atoms with Gasteiger partial charge in [0, 0.05) is 12.6 Å². The number of aliphatic hydroxyl groups is 1. The first-order valence-electron chi connectivity index (χ1n) is 7.45. The molecule has 0 aromatic rings. The van der Waals surface area contributed by atoms with Gasteiger partial charge < -0.3 is 15.7 Å². The summed E-state index contributed by atoms with van der Waals surface area (Å²) in [5, 5.41) is 16.3. The second-order valence-corrected chi connectivity index (χ2v) is 5.67. The molecule has 3 N–H and O–H groups in total. The molecule has 1 aliphatic rings. The summed E-state index contributed by atoms with van der Waals surface area (Å²) in [7, 11) is 0. The van der Waals surface area contributed by atoms with Gasteiger partial charge in [0.25, 0.3) is 0 Å². The maximum Gasteiger partial charge on any atom is 0.0915 e. The number of aliphatic hydroxyl groups excluding tert-OH is 1. The Morgan fingerprint density at radius 1 is 1.39 bits per heavy atom. The number of nitrogens with one attached hydrogen (secondary N) is 2. The molecule has 0 aromatic carbocycles. The molecule has 0 saturated heterocycles. The van der Waals surface area contributed by atoms with E-state index in [1.807, 2.05) is 6.92 Å². The van der Waals surface area contributed by atoms with Crippen molar-refractivity contribution in [2.24, 2.45) is 11.8 Å². The topological polar surface area (TPSA) is 44.3 Å². The maximum absolute atomic E-state index is 9.53. The van der Waals surface area contributed by atoms with E-state index in [4.69, 9.17) is 0 Å². The van der Waals surface area contributed by atoms with Crippen LogP contribution in [0.3, 0.4) is 0 Å². The molecule has 0 spiro atoms. The lowest BCUT2D eigenvalue weighted by molar-refractivity contribution is 0.165. The molecule has 1 aliphatic carbocycles. The van der Waals surface area contributed by atoms with Crippen molar-refractivity contribution < 1.29 is 5.11 Å². The number of hydrogen-bond acceptors (Lipinski definition) is 3. The second kappa shape index (κ2) is 7.67. The van der Waals surface area contributed by atoms with Crippen LogP contribution < -0.4 is 10.6 Å². The lowest BCUT2D eigenvalue weighted by Gasteiger charge is -2.38. The monoisotopic (exact) mass is 254 g/mol. The average Bonchev–Trinajstić information content (AvgIpc) is 2.38. The summed E-state index contributed by atoms with van der Waals surface area (Å²) in [5.41, 5.74) is 0. The van der Waals surface area contributed by atoms with E-state index in [2.05, 4.69) is 31.1 Å². The Bertz CT molecular complexity index is 255. The minimum Gasteiger partial charge on any atom is -0.391 e. The van der Waals surface area contributed by atoms with Gasteiger partial charge in [0.1, 0.15) is 0 Å². The van der Waals surface area contributed by atoms with Crippen molar-refractivity contribution >= 4 is 0 Å².